The summed E-state index contributed by atoms with van der Waals surface area (Å²) in [5.74, 6) is -1.67. The molecule has 0 saturated heterocycles. The SMILES string of the molecule is O=C(Nc1ccccc1C(=O)NC1(C(=O)O)CCC1)OCC1c2ccccc2-c2ccccc21. The third kappa shape index (κ3) is 3.79. The van der Waals surface area contributed by atoms with E-state index in [1.165, 1.54) is 0 Å². The highest BCUT2D eigenvalue weighted by molar-refractivity contribution is 6.04. The van der Waals surface area contributed by atoms with Crippen molar-refractivity contribution in [2.45, 2.75) is 30.7 Å². The molecule has 7 nitrogen and oxygen atoms in total. The molecule has 3 aromatic rings. The molecule has 1 saturated carbocycles. The number of carbonyl (C=O) groups excluding carboxylic acids is 2. The van der Waals surface area contributed by atoms with Crippen LogP contribution in [0, 0.1) is 0 Å². The number of aliphatic carboxylic acids is 1. The second-order valence-corrected chi connectivity index (χ2v) is 8.69. The van der Waals surface area contributed by atoms with Crippen LogP contribution in [0.2, 0.25) is 0 Å². The molecule has 0 aliphatic heterocycles. The van der Waals surface area contributed by atoms with E-state index in [9.17, 15) is 19.5 Å². The lowest BCUT2D eigenvalue weighted by Gasteiger charge is -2.38. The number of carbonyl (C=O) groups is 3. The van der Waals surface area contributed by atoms with Gasteiger partial charge in [0, 0.05) is 5.92 Å². The van der Waals surface area contributed by atoms with E-state index in [0.717, 1.165) is 28.7 Å². The summed E-state index contributed by atoms with van der Waals surface area (Å²) in [5.41, 5.74) is 3.69. The van der Waals surface area contributed by atoms with Gasteiger partial charge < -0.3 is 15.2 Å². The van der Waals surface area contributed by atoms with E-state index in [-0.39, 0.29) is 23.8 Å². The molecule has 0 aromatic heterocycles. The first-order valence-corrected chi connectivity index (χ1v) is 11.3. The van der Waals surface area contributed by atoms with Crippen molar-refractivity contribution >= 4 is 23.7 Å². The number of rotatable bonds is 6. The number of para-hydroxylation sites is 1. The van der Waals surface area contributed by atoms with Crippen molar-refractivity contribution in [3.05, 3.63) is 89.5 Å². The van der Waals surface area contributed by atoms with Crippen molar-refractivity contribution in [2.75, 3.05) is 11.9 Å². The van der Waals surface area contributed by atoms with Gasteiger partial charge in [0.25, 0.3) is 5.91 Å². The molecule has 0 unspecified atom stereocenters. The fourth-order valence-electron chi connectivity index (χ4n) is 4.74. The number of nitrogens with one attached hydrogen (secondary N) is 2. The number of amides is 2. The van der Waals surface area contributed by atoms with Crippen LogP contribution in [0.25, 0.3) is 11.1 Å². The lowest BCUT2D eigenvalue weighted by molar-refractivity contribution is -0.148. The highest BCUT2D eigenvalue weighted by Crippen LogP contribution is 2.44. The van der Waals surface area contributed by atoms with Gasteiger partial charge in [-0.1, -0.05) is 60.7 Å². The number of carboxylic acid groups (broad SMARTS) is 1. The molecule has 7 heteroatoms. The van der Waals surface area contributed by atoms with Gasteiger partial charge in [-0.3, -0.25) is 10.1 Å². The summed E-state index contributed by atoms with van der Waals surface area (Å²) in [7, 11) is 0. The molecule has 5 rings (SSSR count). The lowest BCUT2D eigenvalue weighted by atomic mass is 9.76. The Morgan fingerprint density at radius 2 is 1.47 bits per heavy atom. The van der Waals surface area contributed by atoms with Gasteiger partial charge in [-0.2, -0.15) is 0 Å². The van der Waals surface area contributed by atoms with Gasteiger partial charge in [0.15, 0.2) is 0 Å². The Balaban J connectivity index is 1.28. The maximum atomic E-state index is 12.8. The quantitative estimate of drug-likeness (QED) is 0.495. The monoisotopic (exact) mass is 456 g/mol. The summed E-state index contributed by atoms with van der Waals surface area (Å²) in [6.07, 6.45) is 0.830. The summed E-state index contributed by atoms with van der Waals surface area (Å²) in [4.78, 5) is 37.1. The topological polar surface area (TPSA) is 105 Å². The number of benzene rings is 3. The lowest BCUT2D eigenvalue weighted by Crippen LogP contribution is -2.59. The van der Waals surface area contributed by atoms with Crippen molar-refractivity contribution in [1.29, 1.82) is 0 Å². The predicted octanol–water partition coefficient (Wildman–Crippen LogP) is 4.78. The first-order valence-electron chi connectivity index (χ1n) is 11.3. The van der Waals surface area contributed by atoms with Gasteiger partial charge in [0.05, 0.1) is 11.3 Å². The Hall–Kier alpha value is -4.13. The van der Waals surface area contributed by atoms with Crippen molar-refractivity contribution in [2.24, 2.45) is 0 Å². The largest absolute Gasteiger partial charge is 0.480 e. The molecule has 34 heavy (non-hydrogen) atoms. The van der Waals surface area contributed by atoms with Crippen LogP contribution >= 0.6 is 0 Å². The number of ether oxygens (including phenoxy) is 1. The summed E-state index contributed by atoms with van der Waals surface area (Å²) >= 11 is 0. The molecule has 0 heterocycles. The van der Waals surface area contributed by atoms with E-state index in [1.54, 1.807) is 24.3 Å². The molecule has 172 valence electrons. The van der Waals surface area contributed by atoms with E-state index in [1.807, 2.05) is 36.4 Å². The molecule has 2 aliphatic carbocycles. The molecule has 0 atom stereocenters. The first kappa shape index (κ1) is 21.7. The Bertz CT molecular complexity index is 1240. The smallest absolute Gasteiger partial charge is 0.411 e. The molecule has 0 radical (unpaired) electrons. The molecule has 1 fully saturated rings. The molecule has 3 N–H and O–H groups in total. The molecule has 0 bridgehead atoms. The molecule has 3 aromatic carbocycles. The standard InChI is InChI=1S/C27H24N2O5/c30-24(29-27(25(31)32)14-7-15-27)21-12-5-6-13-23(21)28-26(33)34-16-22-19-10-3-1-8-17(19)18-9-2-4-11-20(18)22/h1-6,8-13,22H,7,14-16H2,(H,28,33)(H,29,30)(H,31,32). The third-order valence-corrected chi connectivity index (χ3v) is 6.72. The third-order valence-electron chi connectivity index (χ3n) is 6.72. The van der Waals surface area contributed by atoms with Gasteiger partial charge in [0.1, 0.15) is 12.1 Å². The number of hydrogen-bond acceptors (Lipinski definition) is 4. The van der Waals surface area contributed by atoms with Crippen LogP contribution in [-0.4, -0.2) is 35.2 Å². The normalized spacial score (nSPS) is 15.4. The van der Waals surface area contributed by atoms with Gasteiger partial charge in [-0.25, -0.2) is 9.59 Å². The molecular formula is C27H24N2O5. The Kier molecular flexibility index (Phi) is 5.53. The van der Waals surface area contributed by atoms with Crippen LogP contribution < -0.4 is 10.6 Å². The fraction of sp³-hybridized carbons (Fsp3) is 0.222. The van der Waals surface area contributed by atoms with Crippen LogP contribution in [-0.2, 0) is 9.53 Å². The van der Waals surface area contributed by atoms with Crippen molar-refractivity contribution in [1.82, 2.24) is 5.32 Å². The van der Waals surface area contributed by atoms with Crippen LogP contribution in [0.3, 0.4) is 0 Å². The Morgan fingerprint density at radius 3 is 2.06 bits per heavy atom. The van der Waals surface area contributed by atoms with Gasteiger partial charge in [-0.15, -0.1) is 0 Å². The van der Waals surface area contributed by atoms with Crippen LogP contribution in [0.4, 0.5) is 10.5 Å². The zero-order chi connectivity index (χ0) is 23.7. The fourth-order valence-corrected chi connectivity index (χ4v) is 4.74. The highest BCUT2D eigenvalue weighted by atomic mass is 16.5. The van der Waals surface area contributed by atoms with Gasteiger partial charge in [-0.05, 0) is 53.6 Å². The predicted molar refractivity (Wildman–Crippen MR) is 127 cm³/mol. The molecule has 2 amide bonds. The number of carboxylic acids is 1. The zero-order valence-electron chi connectivity index (χ0n) is 18.4. The number of anilines is 1. The average Bonchev–Trinajstić information content (AvgIpc) is 3.14. The Morgan fingerprint density at radius 1 is 0.882 bits per heavy atom. The summed E-state index contributed by atoms with van der Waals surface area (Å²) < 4.78 is 5.57. The average molecular weight is 456 g/mol. The highest BCUT2D eigenvalue weighted by Gasteiger charge is 2.46. The second-order valence-electron chi connectivity index (χ2n) is 8.69. The summed E-state index contributed by atoms with van der Waals surface area (Å²) in [6.45, 7) is 0.149. The maximum absolute atomic E-state index is 12.8. The minimum absolute atomic E-state index is 0.0780. The first-order chi connectivity index (χ1) is 16.5. The van der Waals surface area contributed by atoms with E-state index >= 15 is 0 Å². The van der Waals surface area contributed by atoms with E-state index in [2.05, 4.69) is 22.8 Å². The minimum Gasteiger partial charge on any atom is -0.480 e. The van der Waals surface area contributed by atoms with Gasteiger partial charge >= 0.3 is 12.1 Å². The molecular weight excluding hydrogens is 432 g/mol. The second kappa shape index (κ2) is 8.67. The van der Waals surface area contributed by atoms with Crippen molar-refractivity contribution in [3.8, 4) is 11.1 Å². The van der Waals surface area contributed by atoms with E-state index in [4.69, 9.17) is 4.74 Å². The van der Waals surface area contributed by atoms with Crippen molar-refractivity contribution < 1.29 is 24.2 Å². The Labute approximate surface area is 196 Å². The van der Waals surface area contributed by atoms with E-state index in [0.29, 0.717) is 12.8 Å². The molecule has 0 spiro atoms. The minimum atomic E-state index is -1.24. The molecule has 2 aliphatic rings. The van der Waals surface area contributed by atoms with Crippen LogP contribution in [0.5, 0.6) is 0 Å². The summed E-state index contributed by atoms with van der Waals surface area (Å²) in [5, 5.41) is 14.8. The zero-order valence-corrected chi connectivity index (χ0v) is 18.4. The van der Waals surface area contributed by atoms with Crippen LogP contribution in [0.1, 0.15) is 46.7 Å². The number of fused-ring (bicyclic) bond motifs is 3. The number of hydrogen-bond donors (Lipinski definition) is 3. The summed E-state index contributed by atoms with van der Waals surface area (Å²) in [6, 6.07) is 22.6. The van der Waals surface area contributed by atoms with E-state index < -0.39 is 23.5 Å². The van der Waals surface area contributed by atoms with Gasteiger partial charge in [0.2, 0.25) is 0 Å². The van der Waals surface area contributed by atoms with Crippen molar-refractivity contribution in [3.63, 3.8) is 0 Å². The van der Waals surface area contributed by atoms with Crippen LogP contribution in [0.15, 0.2) is 72.8 Å². The maximum Gasteiger partial charge on any atom is 0.411 e.